The molecule has 0 aliphatic heterocycles. The number of rotatable bonds is 8. The van der Waals surface area contributed by atoms with Crippen LogP contribution in [0.15, 0.2) is 449 Å². The Bertz CT molecular complexity index is 9760. The molecule has 0 bridgehead atoms. The molecule has 0 atom stereocenters. The van der Waals surface area contributed by atoms with Crippen molar-refractivity contribution in [2.45, 2.75) is 0 Å². The van der Waals surface area contributed by atoms with Crippen LogP contribution >= 0.6 is 34.0 Å². The molecule has 9 aromatic heterocycles. The molecule has 0 fully saturated rings. The van der Waals surface area contributed by atoms with E-state index in [1.807, 2.05) is 52.6 Å². The number of fused-ring (bicyclic) bond motifs is 30. The summed E-state index contributed by atoms with van der Waals surface area (Å²) in [6.07, 6.45) is 6.10. The SMILES string of the molecule is c1cc(-c2ccc3c(c2)ncc2sc4ccccc4c23)cc(-c2ccc3c4ccccc4c4ccccc4c3c2)c1.c1cc(-c2ccc3c(c2)ncc2sc4ccccc4c23)cc(-n2c3ccccc3c3cc(-n4c5ccccc5c5ccccc54)ccc32)c1.c1ccc(-n2c3ccccc3c3cc(-c4cccc(-c5ccc6c(c5)ncc5sc7ccccc7c56)c4)ccc32)cc1. The minimum atomic E-state index is 1.02. The molecule has 29 rings (SSSR count). The van der Waals surface area contributed by atoms with Gasteiger partial charge in [-0.1, -0.05) is 297 Å². The Morgan fingerprint density at radius 1 is 0.144 bits per heavy atom. The van der Waals surface area contributed by atoms with E-state index in [0.717, 1.165) is 33.5 Å². The van der Waals surface area contributed by atoms with Gasteiger partial charge in [0.1, 0.15) is 0 Å². The van der Waals surface area contributed by atoms with E-state index in [1.54, 1.807) is 0 Å². The largest absolute Gasteiger partial charge is 0.309 e. The van der Waals surface area contributed by atoms with E-state index < -0.39 is 0 Å². The van der Waals surface area contributed by atoms with E-state index in [4.69, 9.17) is 15.0 Å². The first-order valence-corrected chi connectivity index (χ1v) is 47.2. The minimum absolute atomic E-state index is 1.02. The Morgan fingerprint density at radius 2 is 0.409 bits per heavy atom. The molecule has 0 saturated heterocycles. The third kappa shape index (κ3) is 12.3. The summed E-state index contributed by atoms with van der Waals surface area (Å²) in [6.45, 7) is 0. The number of aromatic nitrogens is 6. The molecular formula is C123H74N6S3. The number of benzene rings is 20. The molecule has 0 radical (unpaired) electrons. The molecule has 20 aromatic carbocycles. The van der Waals surface area contributed by atoms with Gasteiger partial charge in [0.15, 0.2) is 0 Å². The Morgan fingerprint density at radius 3 is 0.833 bits per heavy atom. The van der Waals surface area contributed by atoms with Crippen LogP contribution in [-0.4, -0.2) is 28.7 Å². The van der Waals surface area contributed by atoms with E-state index >= 15 is 0 Å². The minimum Gasteiger partial charge on any atom is -0.309 e. The summed E-state index contributed by atoms with van der Waals surface area (Å²) in [7, 11) is 0. The topological polar surface area (TPSA) is 53.5 Å². The molecule has 0 aliphatic carbocycles. The second-order valence-corrected chi connectivity index (χ2v) is 37.6. The van der Waals surface area contributed by atoms with Crippen molar-refractivity contribution in [3.8, 4) is 72.7 Å². The molecule has 9 heterocycles. The average Bonchev–Trinajstić information content (AvgIpc) is 1.44. The highest BCUT2D eigenvalue weighted by atomic mass is 32.1. The van der Waals surface area contributed by atoms with Gasteiger partial charge < -0.3 is 13.7 Å². The van der Waals surface area contributed by atoms with Crippen LogP contribution in [0.3, 0.4) is 0 Å². The number of pyridine rings is 3. The molecule has 6 nitrogen and oxygen atoms in total. The van der Waals surface area contributed by atoms with Gasteiger partial charge in [0, 0.05) is 131 Å². The van der Waals surface area contributed by atoms with Gasteiger partial charge in [0.2, 0.25) is 0 Å². The zero-order chi connectivity index (χ0) is 86.6. The maximum Gasteiger partial charge on any atom is 0.0715 e. The van der Waals surface area contributed by atoms with Gasteiger partial charge >= 0.3 is 0 Å². The number of nitrogens with zero attached hydrogens (tertiary/aromatic N) is 6. The average molecular weight is 1730 g/mol. The number of para-hydroxylation sites is 5. The molecule has 9 heteroatoms. The Labute approximate surface area is 769 Å². The molecule has 29 aromatic rings. The van der Waals surface area contributed by atoms with Gasteiger partial charge in [0.25, 0.3) is 0 Å². The van der Waals surface area contributed by atoms with Crippen molar-refractivity contribution in [3.63, 3.8) is 0 Å². The molecule has 0 spiro atoms. The van der Waals surface area contributed by atoms with Crippen LogP contribution in [-0.2, 0) is 0 Å². The van der Waals surface area contributed by atoms with Crippen molar-refractivity contribution in [1.82, 2.24) is 28.7 Å². The zero-order valence-electron chi connectivity index (χ0n) is 71.1. The van der Waals surface area contributed by atoms with Crippen LogP contribution in [0.1, 0.15) is 0 Å². The standard InChI is InChI=1S/C45H27N3S.C39H24N2S.C39H23NS/c1-5-16-39-32(12-1)33-13-2-6-17-40(33)48(39)31-21-23-42-37(26-31)34-14-3-7-18-41(34)47(42)30-11-9-10-28(24-30)29-20-22-35-38(25-29)46-27-44-45(35)36-15-4-8-19-43(36)49-44;1-2-11-29(12-3-1)41-35-15-6-4-13-30(35)33-22-27(18-20-36(33)41)25-9-8-10-26(21-25)28-17-19-31-34(23-28)40-24-38-39(31)32-14-5-7-16-37(32)42-38;1-2-12-30-28(10-1)29-11-3-4-13-31(29)35-21-26(16-18-32(30)35)24-8-7-9-25(20-24)27-17-19-33-36(22-27)40-23-38-39(33)34-14-5-6-15-37(34)41-38/h1-27H;1-24H;1-23H. The van der Waals surface area contributed by atoms with Gasteiger partial charge in [-0.3, -0.25) is 15.0 Å². The predicted octanol–water partition coefficient (Wildman–Crippen LogP) is 34.9. The van der Waals surface area contributed by atoms with E-state index in [2.05, 4.69) is 444 Å². The Balaban J connectivity index is 0.000000102. The first-order valence-electron chi connectivity index (χ1n) is 44.8. The molecular weight excluding hydrogens is 1660 g/mol. The van der Waals surface area contributed by atoms with Gasteiger partial charge in [-0.25, -0.2) is 0 Å². The van der Waals surface area contributed by atoms with E-state index in [1.165, 1.54) is 230 Å². The van der Waals surface area contributed by atoms with Gasteiger partial charge in [-0.05, 0) is 221 Å². The smallest absolute Gasteiger partial charge is 0.0715 e. The van der Waals surface area contributed by atoms with Crippen molar-refractivity contribution < 1.29 is 0 Å². The van der Waals surface area contributed by atoms with Crippen molar-refractivity contribution in [2.75, 3.05) is 0 Å². The molecule has 0 aliphatic rings. The monoisotopic (exact) mass is 1730 g/mol. The number of thiophene rings is 3. The summed E-state index contributed by atoms with van der Waals surface area (Å²) >= 11 is 5.44. The lowest BCUT2D eigenvalue weighted by molar-refractivity contribution is 1.17. The number of hydrogen-bond donors (Lipinski definition) is 0. The van der Waals surface area contributed by atoms with Crippen LogP contribution in [0.2, 0.25) is 0 Å². The summed E-state index contributed by atoms with van der Waals surface area (Å²) in [6, 6.07) is 157. The highest BCUT2D eigenvalue weighted by Crippen LogP contribution is 2.47. The predicted molar refractivity (Wildman–Crippen MR) is 567 cm³/mol. The molecule has 614 valence electrons. The van der Waals surface area contributed by atoms with Crippen LogP contribution in [0, 0.1) is 0 Å². The summed E-state index contributed by atoms with van der Waals surface area (Å²) in [5, 5.41) is 26.8. The summed E-state index contributed by atoms with van der Waals surface area (Å²) < 4.78 is 14.8. The molecule has 132 heavy (non-hydrogen) atoms. The third-order valence-corrected chi connectivity index (χ3v) is 30.4. The summed E-state index contributed by atoms with van der Waals surface area (Å²) in [5.74, 6) is 0. The fraction of sp³-hybridized carbons (Fsp3) is 0. The molecule has 0 unspecified atom stereocenters. The maximum atomic E-state index is 4.92. The van der Waals surface area contributed by atoms with Crippen LogP contribution in [0.4, 0.5) is 0 Å². The van der Waals surface area contributed by atoms with E-state index in [0.29, 0.717) is 0 Å². The second-order valence-electron chi connectivity index (χ2n) is 34.4. The fourth-order valence-electron chi connectivity index (χ4n) is 21.0. The first-order chi connectivity index (χ1) is 65.4. The lowest BCUT2D eigenvalue weighted by Crippen LogP contribution is -1.96. The third-order valence-electron chi connectivity index (χ3n) is 27.1. The first kappa shape index (κ1) is 75.6. The zero-order valence-corrected chi connectivity index (χ0v) is 73.6. The van der Waals surface area contributed by atoms with E-state index in [-0.39, 0.29) is 0 Å². The normalized spacial score (nSPS) is 11.9. The molecule has 0 N–H and O–H groups in total. The quantitative estimate of drug-likeness (QED) is 0.143. The second kappa shape index (κ2) is 30.6. The maximum absolute atomic E-state index is 4.92. The molecule has 0 amide bonds. The lowest BCUT2D eigenvalue weighted by Gasteiger charge is -2.12. The lowest BCUT2D eigenvalue weighted by atomic mass is 9.91. The van der Waals surface area contributed by atoms with Crippen molar-refractivity contribution in [2.24, 2.45) is 0 Å². The Hall–Kier alpha value is -16.5. The van der Waals surface area contributed by atoms with Gasteiger partial charge in [-0.2, -0.15) is 0 Å². The van der Waals surface area contributed by atoms with Crippen molar-refractivity contribution in [3.05, 3.63) is 449 Å². The summed E-state index contributed by atoms with van der Waals surface area (Å²) in [5.41, 5.74) is 25.8. The van der Waals surface area contributed by atoms with Crippen LogP contribution < -0.4 is 0 Å². The fourth-order valence-corrected chi connectivity index (χ4v) is 24.3. The van der Waals surface area contributed by atoms with Crippen molar-refractivity contribution in [1.29, 1.82) is 0 Å². The van der Waals surface area contributed by atoms with Crippen LogP contribution in [0.25, 0.3) is 264 Å². The Kier molecular flexibility index (Phi) is 17.5. The van der Waals surface area contributed by atoms with Gasteiger partial charge in [-0.15, -0.1) is 34.0 Å². The highest BCUT2D eigenvalue weighted by molar-refractivity contribution is 7.26. The van der Waals surface area contributed by atoms with Crippen LogP contribution in [0.5, 0.6) is 0 Å². The summed E-state index contributed by atoms with van der Waals surface area (Å²) in [4.78, 5) is 14.7. The molecule has 0 saturated carbocycles. The van der Waals surface area contributed by atoms with Crippen molar-refractivity contribution >= 4 is 225 Å². The number of hydrogen-bond acceptors (Lipinski definition) is 6. The van der Waals surface area contributed by atoms with E-state index in [9.17, 15) is 0 Å². The van der Waals surface area contributed by atoms with Gasteiger partial charge in [0.05, 0.1) is 63.8 Å². The highest BCUT2D eigenvalue weighted by Gasteiger charge is 2.22.